The number of carboxylic acid groups (broad SMARTS) is 1. The van der Waals surface area contributed by atoms with Crippen LogP contribution in [0.25, 0.3) is 0 Å². The molecule has 1 N–H and O–H groups in total. The lowest BCUT2D eigenvalue weighted by Gasteiger charge is -2.24. The van der Waals surface area contributed by atoms with E-state index in [1.54, 1.807) is 0 Å². The summed E-state index contributed by atoms with van der Waals surface area (Å²) in [6.07, 6.45) is 0.492. The number of piperidine rings is 1. The molecule has 2 amide bonds. The fourth-order valence-corrected chi connectivity index (χ4v) is 1.10. The van der Waals surface area contributed by atoms with E-state index in [0.29, 0.717) is 16.9 Å². The van der Waals surface area contributed by atoms with Gasteiger partial charge in [-0.1, -0.05) is 6.58 Å². The Morgan fingerprint density at radius 1 is 1.46 bits per heavy atom. The molecular formula is C8H9NO4. The Morgan fingerprint density at radius 3 is 2.62 bits per heavy atom. The zero-order valence-electron chi connectivity index (χ0n) is 6.95. The van der Waals surface area contributed by atoms with Crippen LogP contribution in [0.3, 0.4) is 0 Å². The number of hydrogen-bond acceptors (Lipinski definition) is 3. The summed E-state index contributed by atoms with van der Waals surface area (Å²) in [5.41, 5.74) is 0.292. The van der Waals surface area contributed by atoms with Crippen molar-refractivity contribution in [3.63, 3.8) is 0 Å². The van der Waals surface area contributed by atoms with Crippen LogP contribution in [0, 0.1) is 0 Å². The second-order valence-corrected chi connectivity index (χ2v) is 2.78. The van der Waals surface area contributed by atoms with Crippen LogP contribution < -0.4 is 0 Å². The molecule has 5 heteroatoms. The smallest absolute Gasteiger partial charge is 0.323 e. The van der Waals surface area contributed by atoms with E-state index in [1.807, 2.05) is 0 Å². The highest BCUT2D eigenvalue weighted by Crippen LogP contribution is 2.15. The molecule has 0 aromatic rings. The Labute approximate surface area is 74.6 Å². The lowest BCUT2D eigenvalue weighted by Crippen LogP contribution is -2.44. The highest BCUT2D eigenvalue weighted by molar-refractivity contribution is 6.08. The molecular weight excluding hydrogens is 174 g/mol. The second-order valence-electron chi connectivity index (χ2n) is 2.78. The lowest BCUT2D eigenvalue weighted by molar-refractivity contribution is -0.152. The molecule has 0 aromatic heterocycles. The van der Waals surface area contributed by atoms with Gasteiger partial charge in [-0.2, -0.15) is 0 Å². The molecule has 0 spiro atoms. The van der Waals surface area contributed by atoms with Gasteiger partial charge in [0.05, 0.1) is 0 Å². The molecule has 1 aliphatic heterocycles. The molecule has 0 radical (unpaired) electrons. The minimum Gasteiger partial charge on any atom is -0.480 e. The minimum atomic E-state index is -1.20. The molecule has 70 valence electrons. The number of hydrogen-bond donors (Lipinski definition) is 1. The summed E-state index contributed by atoms with van der Waals surface area (Å²) in [6.45, 7) is 2.88. The summed E-state index contributed by atoms with van der Waals surface area (Å²) in [5.74, 6) is -2.21. The van der Waals surface area contributed by atoms with Crippen molar-refractivity contribution in [1.29, 1.82) is 0 Å². The van der Waals surface area contributed by atoms with Gasteiger partial charge in [-0.05, 0) is 6.42 Å². The van der Waals surface area contributed by atoms with Crippen LogP contribution in [0.4, 0.5) is 0 Å². The van der Waals surface area contributed by atoms with Crippen LogP contribution in [0.2, 0.25) is 0 Å². The van der Waals surface area contributed by atoms with Gasteiger partial charge in [-0.3, -0.25) is 19.3 Å². The Bertz CT molecular complexity index is 295. The van der Waals surface area contributed by atoms with Crippen molar-refractivity contribution in [1.82, 2.24) is 4.90 Å². The molecule has 0 unspecified atom stereocenters. The number of rotatable bonds is 2. The van der Waals surface area contributed by atoms with Gasteiger partial charge < -0.3 is 5.11 Å². The first-order valence-electron chi connectivity index (χ1n) is 3.76. The number of likely N-dealkylation sites (tertiary alicyclic amines) is 1. The van der Waals surface area contributed by atoms with Crippen molar-refractivity contribution in [2.24, 2.45) is 0 Å². The van der Waals surface area contributed by atoms with Crippen molar-refractivity contribution in [2.75, 3.05) is 6.54 Å². The molecule has 1 rings (SSSR count). The van der Waals surface area contributed by atoms with Crippen LogP contribution in [-0.4, -0.2) is 34.3 Å². The Balaban J connectivity index is 2.78. The average molecular weight is 183 g/mol. The largest absolute Gasteiger partial charge is 0.480 e. The molecule has 13 heavy (non-hydrogen) atoms. The van der Waals surface area contributed by atoms with Gasteiger partial charge in [-0.25, -0.2) is 0 Å². The van der Waals surface area contributed by atoms with Gasteiger partial charge in [0.2, 0.25) is 5.91 Å². The number of carbonyl (C=O) groups excluding carboxylic acids is 2. The van der Waals surface area contributed by atoms with Gasteiger partial charge in [0.1, 0.15) is 6.54 Å². The zero-order chi connectivity index (χ0) is 10.0. The van der Waals surface area contributed by atoms with E-state index < -0.39 is 24.3 Å². The molecule has 0 aromatic carbocycles. The second kappa shape index (κ2) is 3.38. The van der Waals surface area contributed by atoms with Gasteiger partial charge in [0, 0.05) is 12.0 Å². The Hall–Kier alpha value is -1.65. The summed E-state index contributed by atoms with van der Waals surface area (Å²) in [5, 5.41) is 8.41. The predicted octanol–water partition coefficient (Wildman–Crippen LogP) is -0.224. The highest BCUT2D eigenvalue weighted by Gasteiger charge is 2.29. The van der Waals surface area contributed by atoms with E-state index >= 15 is 0 Å². The molecule has 0 atom stereocenters. The predicted molar refractivity (Wildman–Crippen MR) is 42.7 cm³/mol. The number of aliphatic carboxylic acids is 1. The van der Waals surface area contributed by atoms with Crippen molar-refractivity contribution >= 4 is 17.8 Å². The van der Waals surface area contributed by atoms with Crippen molar-refractivity contribution in [3.05, 3.63) is 12.2 Å². The van der Waals surface area contributed by atoms with Crippen LogP contribution in [0.5, 0.6) is 0 Å². The van der Waals surface area contributed by atoms with Crippen LogP contribution in [0.1, 0.15) is 12.8 Å². The molecule has 1 fully saturated rings. The number of imide groups is 1. The normalized spacial score (nSPS) is 17.8. The SMILES string of the molecule is C=C1CCC(=O)N(CC(=O)O)C1=O. The van der Waals surface area contributed by atoms with E-state index in [-0.39, 0.29) is 6.42 Å². The molecule has 1 aliphatic rings. The van der Waals surface area contributed by atoms with Crippen molar-refractivity contribution < 1.29 is 19.5 Å². The minimum absolute atomic E-state index is 0.165. The van der Waals surface area contributed by atoms with Gasteiger partial charge in [0.15, 0.2) is 0 Å². The molecule has 0 aliphatic carbocycles. The van der Waals surface area contributed by atoms with Crippen LogP contribution in [0.15, 0.2) is 12.2 Å². The average Bonchev–Trinajstić information content (AvgIpc) is 2.05. The van der Waals surface area contributed by atoms with E-state index in [1.165, 1.54) is 0 Å². The summed E-state index contributed by atoms with van der Waals surface area (Å²) in [7, 11) is 0. The lowest BCUT2D eigenvalue weighted by atomic mass is 10.1. The topological polar surface area (TPSA) is 74.7 Å². The van der Waals surface area contributed by atoms with Crippen LogP contribution in [-0.2, 0) is 14.4 Å². The van der Waals surface area contributed by atoms with E-state index in [4.69, 9.17) is 5.11 Å². The number of carbonyl (C=O) groups is 3. The van der Waals surface area contributed by atoms with E-state index in [0.717, 1.165) is 0 Å². The summed E-state index contributed by atoms with van der Waals surface area (Å²) < 4.78 is 0. The van der Waals surface area contributed by atoms with Gasteiger partial charge in [-0.15, -0.1) is 0 Å². The first-order valence-corrected chi connectivity index (χ1v) is 3.76. The van der Waals surface area contributed by atoms with Crippen molar-refractivity contribution in [2.45, 2.75) is 12.8 Å². The third-order valence-electron chi connectivity index (χ3n) is 1.78. The van der Waals surface area contributed by atoms with Crippen molar-refractivity contribution in [3.8, 4) is 0 Å². The molecule has 1 saturated heterocycles. The number of carboxylic acids is 1. The third-order valence-corrected chi connectivity index (χ3v) is 1.78. The Kier molecular flexibility index (Phi) is 2.46. The summed E-state index contributed by atoms with van der Waals surface area (Å²) in [6, 6.07) is 0. The third kappa shape index (κ3) is 1.93. The molecule has 1 heterocycles. The number of nitrogens with zero attached hydrogens (tertiary/aromatic N) is 1. The number of amides is 2. The monoisotopic (exact) mass is 183 g/mol. The maximum atomic E-state index is 11.2. The fourth-order valence-electron chi connectivity index (χ4n) is 1.10. The Morgan fingerprint density at radius 2 is 2.08 bits per heavy atom. The maximum absolute atomic E-state index is 11.2. The first-order chi connectivity index (χ1) is 6.02. The highest BCUT2D eigenvalue weighted by atomic mass is 16.4. The summed E-state index contributed by atoms with van der Waals surface area (Å²) in [4.78, 5) is 33.3. The standard InChI is InChI=1S/C8H9NO4/c1-5-2-3-6(10)9(8(5)13)4-7(11)12/h1-4H2,(H,11,12). The van der Waals surface area contributed by atoms with E-state index in [9.17, 15) is 14.4 Å². The molecule has 0 saturated carbocycles. The molecule has 0 bridgehead atoms. The first kappa shape index (κ1) is 9.44. The zero-order valence-corrected chi connectivity index (χ0v) is 6.95. The fraction of sp³-hybridized carbons (Fsp3) is 0.375. The molecule has 5 nitrogen and oxygen atoms in total. The quantitative estimate of drug-likeness (QED) is 0.474. The van der Waals surface area contributed by atoms with Crippen LogP contribution >= 0.6 is 0 Å². The summed E-state index contributed by atoms with van der Waals surface area (Å²) >= 11 is 0. The van der Waals surface area contributed by atoms with E-state index in [2.05, 4.69) is 6.58 Å². The van der Waals surface area contributed by atoms with Gasteiger partial charge in [0.25, 0.3) is 5.91 Å². The van der Waals surface area contributed by atoms with Gasteiger partial charge >= 0.3 is 5.97 Å². The maximum Gasteiger partial charge on any atom is 0.323 e.